The molecule has 1 aliphatic rings. The molecule has 2 aromatic heterocycles. The zero-order valence-electron chi connectivity index (χ0n) is 15.9. The third-order valence-corrected chi connectivity index (χ3v) is 5.08. The monoisotopic (exact) mass is 382 g/mol. The molecule has 3 aromatic rings. The van der Waals surface area contributed by atoms with Gasteiger partial charge in [0.25, 0.3) is 5.56 Å². The fourth-order valence-electron chi connectivity index (χ4n) is 3.51. The minimum absolute atomic E-state index is 0.0225. The Hall–Kier alpha value is -3.36. The van der Waals surface area contributed by atoms with Crippen LogP contribution in [-0.2, 0) is 18.4 Å². The van der Waals surface area contributed by atoms with E-state index in [1.54, 1.807) is 23.7 Å². The summed E-state index contributed by atoms with van der Waals surface area (Å²) in [6.45, 7) is 2.58. The van der Waals surface area contributed by atoms with Gasteiger partial charge in [-0.05, 0) is 12.1 Å². The number of fused-ring (bicyclic) bond motifs is 1. The van der Waals surface area contributed by atoms with E-state index < -0.39 is 0 Å². The van der Waals surface area contributed by atoms with E-state index in [1.807, 2.05) is 24.3 Å². The number of ether oxygens (including phenoxy) is 1. The van der Waals surface area contributed by atoms with Crippen LogP contribution in [0.15, 0.2) is 41.6 Å². The number of rotatable bonds is 4. The molecule has 1 aliphatic heterocycles. The van der Waals surface area contributed by atoms with E-state index in [2.05, 4.69) is 15.0 Å². The minimum Gasteiger partial charge on any atom is -0.495 e. The molecule has 0 N–H and O–H groups in total. The van der Waals surface area contributed by atoms with Crippen molar-refractivity contribution in [2.75, 3.05) is 38.2 Å². The Bertz CT molecular complexity index is 1060. The fourth-order valence-corrected chi connectivity index (χ4v) is 3.51. The number of aryl methyl sites for hydroxylation is 1. The molecule has 9 nitrogen and oxygen atoms in total. The van der Waals surface area contributed by atoms with Crippen LogP contribution in [0.4, 0.5) is 5.69 Å². The number of amides is 1. The Labute approximate surface area is 161 Å². The minimum atomic E-state index is -0.251. The molecule has 0 unspecified atom stereocenters. The predicted molar refractivity (Wildman–Crippen MR) is 105 cm³/mol. The number of carbonyl (C=O) groups excluding carboxylic acids is 1. The van der Waals surface area contributed by atoms with Gasteiger partial charge < -0.3 is 14.5 Å². The van der Waals surface area contributed by atoms with Crippen LogP contribution in [0.2, 0.25) is 0 Å². The molecule has 28 heavy (non-hydrogen) atoms. The summed E-state index contributed by atoms with van der Waals surface area (Å²) in [7, 11) is 3.38. The number of para-hydroxylation sites is 2. The first-order valence-electron chi connectivity index (χ1n) is 9.11. The Morgan fingerprint density at radius 2 is 1.93 bits per heavy atom. The Kier molecular flexibility index (Phi) is 4.72. The molecule has 0 aliphatic carbocycles. The van der Waals surface area contributed by atoms with Crippen LogP contribution in [0, 0.1) is 0 Å². The summed E-state index contributed by atoms with van der Waals surface area (Å²) in [6.07, 6.45) is 2.90. The predicted octanol–water partition coefficient (Wildman–Crippen LogP) is 0.487. The number of carbonyl (C=O) groups is 1. The molecule has 1 aromatic carbocycles. The van der Waals surface area contributed by atoms with Crippen molar-refractivity contribution in [2.24, 2.45) is 7.05 Å². The van der Waals surface area contributed by atoms with E-state index in [0.717, 1.165) is 11.4 Å². The lowest BCUT2D eigenvalue weighted by Gasteiger charge is -2.36. The second kappa shape index (κ2) is 7.34. The molecule has 0 bridgehead atoms. The molecule has 0 saturated carbocycles. The van der Waals surface area contributed by atoms with E-state index in [0.29, 0.717) is 37.2 Å². The maximum atomic E-state index is 12.7. The van der Waals surface area contributed by atoms with Crippen molar-refractivity contribution in [1.29, 1.82) is 0 Å². The topological polar surface area (TPSA) is 85.5 Å². The summed E-state index contributed by atoms with van der Waals surface area (Å²) < 4.78 is 8.32. The molecule has 1 fully saturated rings. The van der Waals surface area contributed by atoms with Crippen molar-refractivity contribution >= 4 is 22.6 Å². The van der Waals surface area contributed by atoms with Gasteiger partial charge in [0.15, 0.2) is 5.65 Å². The molecular weight excluding hydrogens is 360 g/mol. The summed E-state index contributed by atoms with van der Waals surface area (Å²) in [6, 6.07) is 7.86. The van der Waals surface area contributed by atoms with Gasteiger partial charge in [-0.2, -0.15) is 5.10 Å². The third kappa shape index (κ3) is 3.19. The maximum Gasteiger partial charge on any atom is 0.264 e. The molecule has 146 valence electrons. The summed E-state index contributed by atoms with van der Waals surface area (Å²) >= 11 is 0. The van der Waals surface area contributed by atoms with Crippen molar-refractivity contribution in [1.82, 2.24) is 24.2 Å². The lowest BCUT2D eigenvalue weighted by molar-refractivity contribution is -0.132. The van der Waals surface area contributed by atoms with E-state index in [-0.39, 0.29) is 18.0 Å². The number of methoxy groups -OCH3 is 1. The lowest BCUT2D eigenvalue weighted by Crippen LogP contribution is -2.50. The molecule has 3 heterocycles. The number of hydrogen-bond acceptors (Lipinski definition) is 6. The van der Waals surface area contributed by atoms with E-state index in [4.69, 9.17) is 4.74 Å². The smallest absolute Gasteiger partial charge is 0.264 e. The van der Waals surface area contributed by atoms with Crippen molar-refractivity contribution in [3.05, 3.63) is 47.1 Å². The summed E-state index contributed by atoms with van der Waals surface area (Å²) in [4.78, 5) is 33.5. The van der Waals surface area contributed by atoms with Gasteiger partial charge in [0.1, 0.15) is 24.0 Å². The SMILES string of the molecule is COc1ccccc1N1CCN(C(=O)Cn2cnc3c(cnn3C)c2=O)CC1. The van der Waals surface area contributed by atoms with Crippen molar-refractivity contribution in [3.8, 4) is 5.75 Å². The molecular formula is C19H22N6O3. The van der Waals surface area contributed by atoms with Gasteiger partial charge in [0.2, 0.25) is 5.91 Å². The molecule has 0 spiro atoms. The Morgan fingerprint density at radius 1 is 1.18 bits per heavy atom. The second-order valence-corrected chi connectivity index (χ2v) is 6.72. The van der Waals surface area contributed by atoms with Crippen LogP contribution in [0.5, 0.6) is 5.75 Å². The largest absolute Gasteiger partial charge is 0.495 e. The molecule has 4 rings (SSSR count). The molecule has 0 atom stereocenters. The van der Waals surface area contributed by atoms with Gasteiger partial charge >= 0.3 is 0 Å². The number of benzene rings is 1. The summed E-state index contributed by atoms with van der Waals surface area (Å²) in [5, 5.41) is 4.46. The molecule has 1 saturated heterocycles. The third-order valence-electron chi connectivity index (χ3n) is 5.08. The first kappa shape index (κ1) is 18.0. The Balaban J connectivity index is 1.43. The number of nitrogens with zero attached hydrogens (tertiary/aromatic N) is 6. The average molecular weight is 382 g/mol. The summed E-state index contributed by atoms with van der Waals surface area (Å²) in [5.74, 6) is 0.733. The van der Waals surface area contributed by atoms with Gasteiger partial charge in [-0.1, -0.05) is 12.1 Å². The van der Waals surface area contributed by atoms with Crippen LogP contribution >= 0.6 is 0 Å². The highest BCUT2D eigenvalue weighted by Gasteiger charge is 2.23. The molecule has 1 amide bonds. The number of hydrogen-bond donors (Lipinski definition) is 0. The van der Waals surface area contributed by atoms with E-state index >= 15 is 0 Å². The quantitative estimate of drug-likeness (QED) is 0.653. The maximum absolute atomic E-state index is 12.7. The number of aromatic nitrogens is 4. The van der Waals surface area contributed by atoms with Crippen LogP contribution in [0.25, 0.3) is 11.0 Å². The highest BCUT2D eigenvalue weighted by Crippen LogP contribution is 2.28. The molecule has 0 radical (unpaired) electrons. The normalized spacial score (nSPS) is 14.5. The summed E-state index contributed by atoms with van der Waals surface area (Å²) in [5.41, 5.74) is 1.29. The van der Waals surface area contributed by atoms with E-state index in [9.17, 15) is 9.59 Å². The van der Waals surface area contributed by atoms with Crippen LogP contribution < -0.4 is 15.2 Å². The van der Waals surface area contributed by atoms with Gasteiger partial charge in [-0.3, -0.25) is 18.8 Å². The van der Waals surface area contributed by atoms with Gasteiger partial charge in [-0.25, -0.2) is 4.98 Å². The lowest BCUT2D eigenvalue weighted by atomic mass is 10.2. The van der Waals surface area contributed by atoms with Crippen molar-refractivity contribution in [2.45, 2.75) is 6.54 Å². The second-order valence-electron chi connectivity index (χ2n) is 6.72. The number of anilines is 1. The van der Waals surface area contributed by atoms with Gasteiger partial charge in [-0.15, -0.1) is 0 Å². The van der Waals surface area contributed by atoms with Crippen LogP contribution in [0.1, 0.15) is 0 Å². The van der Waals surface area contributed by atoms with Crippen LogP contribution in [0.3, 0.4) is 0 Å². The van der Waals surface area contributed by atoms with Crippen LogP contribution in [-0.4, -0.2) is 63.4 Å². The van der Waals surface area contributed by atoms with Gasteiger partial charge in [0.05, 0.1) is 19.0 Å². The average Bonchev–Trinajstić information content (AvgIpc) is 3.11. The number of piperazine rings is 1. The highest BCUT2D eigenvalue weighted by molar-refractivity contribution is 5.77. The fraction of sp³-hybridized carbons (Fsp3) is 0.368. The highest BCUT2D eigenvalue weighted by atomic mass is 16.5. The van der Waals surface area contributed by atoms with Gasteiger partial charge in [0, 0.05) is 33.2 Å². The zero-order valence-corrected chi connectivity index (χ0v) is 15.9. The van der Waals surface area contributed by atoms with Crippen molar-refractivity contribution < 1.29 is 9.53 Å². The molecule has 9 heteroatoms. The first-order valence-corrected chi connectivity index (χ1v) is 9.11. The van der Waals surface area contributed by atoms with E-state index in [1.165, 1.54) is 17.1 Å². The standard InChI is InChI=1S/C19H22N6O3/c1-22-18-14(11-21-22)19(27)25(13-20-18)12-17(26)24-9-7-23(8-10-24)15-5-3-4-6-16(15)28-2/h3-6,11,13H,7-10,12H2,1-2H3. The van der Waals surface area contributed by atoms with Crippen molar-refractivity contribution in [3.63, 3.8) is 0 Å². The zero-order chi connectivity index (χ0) is 19.7. The first-order chi connectivity index (χ1) is 13.6. The Morgan fingerprint density at radius 3 is 2.68 bits per heavy atom.